The summed E-state index contributed by atoms with van der Waals surface area (Å²) in [6.07, 6.45) is 6.39. The van der Waals surface area contributed by atoms with Crippen molar-refractivity contribution in [3.05, 3.63) is 62.0 Å². The molecule has 102 valence electrons. The molecule has 3 nitrogen and oxygen atoms in total. The Bertz CT molecular complexity index is 448. The molecule has 1 rings (SSSR count). The average molecular weight is 259 g/mol. The first-order valence-corrected chi connectivity index (χ1v) is 6.17. The maximum Gasteiger partial charge on any atom is 0.218 e. The first-order chi connectivity index (χ1) is 9.30. The van der Waals surface area contributed by atoms with Crippen LogP contribution in [-0.4, -0.2) is 5.90 Å². The first-order valence-electron chi connectivity index (χ1n) is 6.17. The monoisotopic (exact) mass is 259 g/mol. The number of allylic oxidation sites excluding steroid dienone is 1. The van der Waals surface area contributed by atoms with E-state index in [2.05, 4.69) is 18.2 Å². The van der Waals surface area contributed by atoms with Crippen molar-refractivity contribution < 1.29 is 9.47 Å². The molecule has 0 atom stereocenters. The van der Waals surface area contributed by atoms with Crippen molar-refractivity contribution in [3.63, 3.8) is 0 Å². The maximum absolute atomic E-state index is 5.56. The van der Waals surface area contributed by atoms with Crippen LogP contribution in [0.1, 0.15) is 20.8 Å². The minimum absolute atomic E-state index is 0.471. The number of rotatable bonds is 5. The van der Waals surface area contributed by atoms with Gasteiger partial charge in [0.25, 0.3) is 0 Å². The van der Waals surface area contributed by atoms with Crippen molar-refractivity contribution in [2.75, 3.05) is 0 Å². The lowest BCUT2D eigenvalue weighted by molar-refractivity contribution is 0.477. The van der Waals surface area contributed by atoms with Crippen molar-refractivity contribution in [1.29, 1.82) is 0 Å². The van der Waals surface area contributed by atoms with Crippen LogP contribution >= 0.6 is 0 Å². The van der Waals surface area contributed by atoms with E-state index in [-0.39, 0.29) is 0 Å². The second kappa shape index (κ2) is 10.8. The van der Waals surface area contributed by atoms with Gasteiger partial charge >= 0.3 is 0 Å². The van der Waals surface area contributed by atoms with Crippen molar-refractivity contribution in [2.45, 2.75) is 20.8 Å². The summed E-state index contributed by atoms with van der Waals surface area (Å²) in [5.74, 6) is 1.78. The zero-order chi connectivity index (χ0) is 14.5. The lowest BCUT2D eigenvalue weighted by Gasteiger charge is -2.06. The third-order valence-electron chi connectivity index (χ3n) is 1.78. The molecule has 19 heavy (non-hydrogen) atoms. The van der Waals surface area contributed by atoms with Gasteiger partial charge in [-0.3, -0.25) is 0 Å². The Kier molecular flexibility index (Phi) is 9.53. The van der Waals surface area contributed by atoms with Gasteiger partial charge in [-0.1, -0.05) is 39.1 Å². The number of ether oxygens (including phenoxy) is 2. The average Bonchev–Trinajstić information content (AvgIpc) is 2.42. The second-order valence-corrected chi connectivity index (χ2v) is 3.01. The van der Waals surface area contributed by atoms with Gasteiger partial charge in [0.05, 0.1) is 6.26 Å². The lowest BCUT2D eigenvalue weighted by atomic mass is 10.3. The Balaban J connectivity index is 0.00000154. The summed E-state index contributed by atoms with van der Waals surface area (Å²) in [4.78, 5) is 4.00. The third-order valence-corrected chi connectivity index (χ3v) is 1.78. The number of benzene rings is 1. The van der Waals surface area contributed by atoms with E-state index >= 15 is 0 Å². The molecule has 0 spiro atoms. The van der Waals surface area contributed by atoms with E-state index in [1.54, 1.807) is 12.1 Å². The largest absolute Gasteiger partial charge is 0.465 e. The standard InChI is InChI=1S/C14H15NO2.C2H6/c1-4-8-14(15-5-2)17-13-10-7-9-12(11-13)16-6-3;1-2/h4-11H,2-3H2,1H3;1-2H3/b8-4-,15-14?;. The molecule has 0 unspecified atom stereocenters. The van der Waals surface area contributed by atoms with E-state index in [9.17, 15) is 0 Å². The van der Waals surface area contributed by atoms with Gasteiger partial charge in [0.15, 0.2) is 0 Å². The predicted molar refractivity (Wildman–Crippen MR) is 81.7 cm³/mol. The molecule has 0 N–H and O–H groups in total. The number of aliphatic imine (C=N–C) groups is 1. The minimum atomic E-state index is 0.471. The summed E-state index contributed by atoms with van der Waals surface area (Å²) in [7, 11) is 0. The van der Waals surface area contributed by atoms with E-state index in [4.69, 9.17) is 9.47 Å². The van der Waals surface area contributed by atoms with Gasteiger partial charge in [0.1, 0.15) is 11.5 Å². The highest BCUT2D eigenvalue weighted by molar-refractivity contribution is 5.89. The Morgan fingerprint density at radius 2 is 1.89 bits per heavy atom. The fourth-order valence-electron chi connectivity index (χ4n) is 1.16. The van der Waals surface area contributed by atoms with Crippen LogP contribution in [0.2, 0.25) is 0 Å². The molecular weight excluding hydrogens is 238 g/mol. The van der Waals surface area contributed by atoms with Gasteiger partial charge in [-0.2, -0.15) is 0 Å². The van der Waals surface area contributed by atoms with E-state index < -0.39 is 0 Å². The van der Waals surface area contributed by atoms with Crippen LogP contribution in [0.15, 0.2) is 67.0 Å². The fourth-order valence-corrected chi connectivity index (χ4v) is 1.16. The summed E-state index contributed by atoms with van der Waals surface area (Å²) >= 11 is 0. The molecule has 0 amide bonds. The van der Waals surface area contributed by atoms with Gasteiger partial charge in [-0.05, 0) is 25.1 Å². The second-order valence-electron chi connectivity index (χ2n) is 3.01. The fraction of sp³-hybridized carbons (Fsp3) is 0.188. The van der Waals surface area contributed by atoms with Crippen LogP contribution < -0.4 is 9.47 Å². The molecule has 3 heteroatoms. The Hall–Kier alpha value is -2.29. The topological polar surface area (TPSA) is 30.8 Å². The highest BCUT2D eigenvalue weighted by atomic mass is 16.5. The molecule has 0 fully saturated rings. The van der Waals surface area contributed by atoms with E-state index in [1.807, 2.05) is 45.0 Å². The van der Waals surface area contributed by atoms with Gasteiger partial charge in [0, 0.05) is 12.3 Å². The molecule has 0 aliphatic rings. The van der Waals surface area contributed by atoms with Gasteiger partial charge in [-0.15, -0.1) is 0 Å². The molecule has 0 heterocycles. The molecule has 0 saturated heterocycles. The molecular formula is C16H21NO2. The SMILES string of the molecule is C=CN=C(/C=C\C)Oc1cccc(OC=C)c1.CC. The van der Waals surface area contributed by atoms with E-state index in [0.717, 1.165) is 0 Å². The van der Waals surface area contributed by atoms with Crippen LogP contribution in [0.5, 0.6) is 11.5 Å². The number of hydrogen-bond acceptors (Lipinski definition) is 3. The lowest BCUT2D eigenvalue weighted by Crippen LogP contribution is -2.04. The molecule has 1 aromatic rings. The summed E-state index contributed by atoms with van der Waals surface area (Å²) in [6.45, 7) is 12.9. The molecule has 0 bridgehead atoms. The van der Waals surface area contributed by atoms with Crippen LogP contribution in [0, 0.1) is 0 Å². The van der Waals surface area contributed by atoms with Crippen molar-refractivity contribution in [2.24, 2.45) is 4.99 Å². The van der Waals surface area contributed by atoms with E-state index in [1.165, 1.54) is 12.5 Å². The third kappa shape index (κ3) is 6.88. The zero-order valence-corrected chi connectivity index (χ0v) is 11.8. The molecule has 0 aromatic heterocycles. The summed E-state index contributed by atoms with van der Waals surface area (Å²) in [5, 5.41) is 0. The molecule has 0 radical (unpaired) electrons. The van der Waals surface area contributed by atoms with Gasteiger partial charge in [0.2, 0.25) is 5.90 Å². The van der Waals surface area contributed by atoms with Crippen molar-refractivity contribution in [1.82, 2.24) is 0 Å². The first kappa shape index (κ1) is 16.7. The zero-order valence-electron chi connectivity index (χ0n) is 11.8. The molecule has 0 aliphatic carbocycles. The highest BCUT2D eigenvalue weighted by Crippen LogP contribution is 2.19. The van der Waals surface area contributed by atoms with Crippen LogP contribution in [0.25, 0.3) is 0 Å². The van der Waals surface area contributed by atoms with Crippen molar-refractivity contribution >= 4 is 5.90 Å². The summed E-state index contributed by atoms with van der Waals surface area (Å²) < 4.78 is 10.7. The maximum atomic E-state index is 5.56. The smallest absolute Gasteiger partial charge is 0.218 e. The quantitative estimate of drug-likeness (QED) is 0.434. The number of hydrogen-bond donors (Lipinski definition) is 0. The van der Waals surface area contributed by atoms with Crippen LogP contribution in [0.3, 0.4) is 0 Å². The molecule has 0 aliphatic heterocycles. The predicted octanol–water partition coefficient (Wildman–Crippen LogP) is 4.73. The molecule has 1 aromatic carbocycles. The van der Waals surface area contributed by atoms with Crippen LogP contribution in [0.4, 0.5) is 0 Å². The Morgan fingerprint density at radius 1 is 1.21 bits per heavy atom. The Morgan fingerprint density at radius 3 is 2.47 bits per heavy atom. The highest BCUT2D eigenvalue weighted by Gasteiger charge is 2.00. The van der Waals surface area contributed by atoms with Gasteiger partial charge in [-0.25, -0.2) is 4.99 Å². The van der Waals surface area contributed by atoms with Crippen molar-refractivity contribution in [3.8, 4) is 11.5 Å². The van der Waals surface area contributed by atoms with Gasteiger partial charge < -0.3 is 9.47 Å². The summed E-state index contributed by atoms with van der Waals surface area (Å²) in [5.41, 5.74) is 0. The number of nitrogens with zero attached hydrogens (tertiary/aromatic N) is 1. The van der Waals surface area contributed by atoms with E-state index in [0.29, 0.717) is 17.4 Å². The van der Waals surface area contributed by atoms with Crippen LogP contribution in [-0.2, 0) is 0 Å². The Labute approximate surface area is 115 Å². The normalized spacial score (nSPS) is 10.4. The molecule has 0 saturated carbocycles. The summed E-state index contributed by atoms with van der Waals surface area (Å²) in [6, 6.07) is 7.21. The minimum Gasteiger partial charge on any atom is -0.465 e.